The second kappa shape index (κ2) is 4.98. The predicted octanol–water partition coefficient (Wildman–Crippen LogP) is 4.95. The summed E-state index contributed by atoms with van der Waals surface area (Å²) in [5, 5.41) is 0. The van der Waals surface area contributed by atoms with Gasteiger partial charge in [0.25, 0.3) is 0 Å². The molecule has 1 N–H and O–H groups in total. The van der Waals surface area contributed by atoms with Gasteiger partial charge >= 0.3 is 0 Å². The summed E-state index contributed by atoms with van der Waals surface area (Å²) in [5.41, 5.74) is 6.14. The third-order valence-electron chi connectivity index (χ3n) is 3.38. The number of benzene rings is 2. The Hall–Kier alpha value is -1.93. The zero-order valence-electron chi connectivity index (χ0n) is 10.7. The van der Waals surface area contributed by atoms with E-state index in [0.717, 1.165) is 4.90 Å². The maximum atomic E-state index is 4.32. The van der Waals surface area contributed by atoms with Gasteiger partial charge in [-0.3, -0.25) is 0 Å². The largest absolute Gasteiger partial charge is 0.360 e. The summed E-state index contributed by atoms with van der Waals surface area (Å²) in [4.78, 5) is 4.37. The van der Waals surface area contributed by atoms with Crippen LogP contribution in [0.5, 0.6) is 0 Å². The van der Waals surface area contributed by atoms with Crippen molar-refractivity contribution in [2.45, 2.75) is 11.8 Å². The summed E-state index contributed by atoms with van der Waals surface area (Å²) in [7, 11) is 0. The van der Waals surface area contributed by atoms with Crippen molar-refractivity contribution in [2.75, 3.05) is 0 Å². The molecule has 0 radical (unpaired) electrons. The van der Waals surface area contributed by atoms with Gasteiger partial charge in [0.2, 0.25) is 0 Å². The van der Waals surface area contributed by atoms with Gasteiger partial charge in [-0.1, -0.05) is 42.5 Å². The quantitative estimate of drug-likeness (QED) is 0.610. The van der Waals surface area contributed by atoms with E-state index in [0.29, 0.717) is 0 Å². The fourth-order valence-electron chi connectivity index (χ4n) is 2.34. The van der Waals surface area contributed by atoms with E-state index in [-0.39, 0.29) is 0 Å². The Morgan fingerprint density at radius 3 is 2.21 bits per heavy atom. The first kappa shape index (κ1) is 12.1. The zero-order valence-corrected chi connectivity index (χ0v) is 11.6. The summed E-state index contributed by atoms with van der Waals surface area (Å²) in [6.45, 7) is 2.16. The van der Waals surface area contributed by atoms with Crippen LogP contribution in [0.25, 0.3) is 22.4 Å². The van der Waals surface area contributed by atoms with Crippen LogP contribution in [0, 0.1) is 6.92 Å². The van der Waals surface area contributed by atoms with Crippen LogP contribution in [0.15, 0.2) is 65.7 Å². The smallest absolute Gasteiger partial charge is 0.0490 e. The molecule has 19 heavy (non-hydrogen) atoms. The van der Waals surface area contributed by atoms with Crippen LogP contribution in [0.2, 0.25) is 0 Å². The van der Waals surface area contributed by atoms with Gasteiger partial charge in [0.1, 0.15) is 0 Å². The van der Waals surface area contributed by atoms with Crippen LogP contribution in [0.3, 0.4) is 0 Å². The van der Waals surface area contributed by atoms with Gasteiger partial charge in [-0.15, -0.1) is 12.6 Å². The highest BCUT2D eigenvalue weighted by molar-refractivity contribution is 7.80. The number of H-pyrrole nitrogens is 1. The van der Waals surface area contributed by atoms with E-state index < -0.39 is 0 Å². The van der Waals surface area contributed by atoms with Crippen LogP contribution in [-0.2, 0) is 0 Å². The number of hydrogen-bond donors (Lipinski definition) is 2. The van der Waals surface area contributed by atoms with Crippen LogP contribution in [-0.4, -0.2) is 4.98 Å². The molecule has 0 atom stereocenters. The van der Waals surface area contributed by atoms with Crippen molar-refractivity contribution >= 4 is 12.6 Å². The van der Waals surface area contributed by atoms with E-state index in [9.17, 15) is 0 Å². The molecule has 0 fully saturated rings. The first-order chi connectivity index (χ1) is 9.25. The molecule has 0 aliphatic carbocycles. The summed E-state index contributed by atoms with van der Waals surface area (Å²) < 4.78 is 0. The minimum Gasteiger partial charge on any atom is -0.360 e. The van der Waals surface area contributed by atoms with E-state index in [4.69, 9.17) is 0 Å². The lowest BCUT2D eigenvalue weighted by Gasteiger charge is -2.03. The minimum atomic E-state index is 0.986. The molecule has 0 unspecified atom stereocenters. The molecule has 0 saturated carbocycles. The van der Waals surface area contributed by atoms with Crippen LogP contribution < -0.4 is 0 Å². The van der Waals surface area contributed by atoms with Crippen LogP contribution in [0.1, 0.15) is 5.56 Å². The van der Waals surface area contributed by atoms with E-state index in [1.807, 2.05) is 18.2 Å². The maximum absolute atomic E-state index is 4.32. The highest BCUT2D eigenvalue weighted by Gasteiger charge is 2.09. The molecule has 2 heteroatoms. The highest BCUT2D eigenvalue weighted by Crippen LogP contribution is 2.31. The van der Waals surface area contributed by atoms with Gasteiger partial charge in [0.05, 0.1) is 0 Å². The van der Waals surface area contributed by atoms with Crippen molar-refractivity contribution in [1.82, 2.24) is 4.98 Å². The number of rotatable bonds is 2. The molecule has 0 spiro atoms. The highest BCUT2D eigenvalue weighted by atomic mass is 32.1. The fourth-order valence-corrected chi connectivity index (χ4v) is 2.49. The Morgan fingerprint density at radius 1 is 0.842 bits per heavy atom. The van der Waals surface area contributed by atoms with E-state index >= 15 is 0 Å². The number of thiol groups is 1. The second-order valence-corrected chi connectivity index (χ2v) is 5.13. The first-order valence-electron chi connectivity index (χ1n) is 6.28. The summed E-state index contributed by atoms with van der Waals surface area (Å²) in [6.07, 6.45) is 2.07. The van der Waals surface area contributed by atoms with Gasteiger partial charge < -0.3 is 4.98 Å². The number of hydrogen-bond acceptors (Lipinski definition) is 1. The third-order valence-corrected chi connectivity index (χ3v) is 3.68. The van der Waals surface area contributed by atoms with E-state index in [1.165, 1.54) is 27.9 Å². The lowest BCUT2D eigenvalue weighted by atomic mass is 10.0. The molecular formula is C17H15NS. The Bertz CT molecular complexity index is 681. The summed E-state index contributed by atoms with van der Waals surface area (Å²) in [5.74, 6) is 0. The SMILES string of the molecule is Cc1c(-c2ccc(S)cc2)c[nH]c1-c1ccccc1. The van der Waals surface area contributed by atoms with Crippen molar-refractivity contribution < 1.29 is 0 Å². The molecule has 1 nitrogen and oxygen atoms in total. The van der Waals surface area contributed by atoms with Crippen molar-refractivity contribution in [3.63, 3.8) is 0 Å². The molecule has 0 amide bonds. The monoisotopic (exact) mass is 265 g/mol. The number of nitrogens with one attached hydrogen (secondary N) is 1. The van der Waals surface area contributed by atoms with Gasteiger partial charge in [-0.2, -0.15) is 0 Å². The lowest BCUT2D eigenvalue weighted by molar-refractivity contribution is 1.38. The van der Waals surface area contributed by atoms with E-state index in [1.54, 1.807) is 0 Å². The molecule has 0 saturated heterocycles. The topological polar surface area (TPSA) is 15.8 Å². The lowest BCUT2D eigenvalue weighted by Crippen LogP contribution is -1.81. The van der Waals surface area contributed by atoms with Gasteiger partial charge in [0.15, 0.2) is 0 Å². The molecular weight excluding hydrogens is 250 g/mol. The summed E-state index contributed by atoms with van der Waals surface area (Å²) >= 11 is 4.32. The van der Waals surface area contributed by atoms with E-state index in [2.05, 4.69) is 67.1 Å². The molecule has 1 aromatic heterocycles. The molecule has 3 aromatic rings. The number of aromatic nitrogens is 1. The minimum absolute atomic E-state index is 0.986. The Labute approximate surface area is 118 Å². The predicted molar refractivity (Wildman–Crippen MR) is 83.7 cm³/mol. The summed E-state index contributed by atoms with van der Waals surface area (Å²) in [6, 6.07) is 18.7. The second-order valence-electron chi connectivity index (χ2n) is 4.62. The van der Waals surface area contributed by atoms with Crippen molar-refractivity contribution in [1.29, 1.82) is 0 Å². The average molecular weight is 265 g/mol. The Kier molecular flexibility index (Phi) is 3.18. The average Bonchev–Trinajstić information content (AvgIpc) is 2.83. The van der Waals surface area contributed by atoms with Crippen molar-refractivity contribution in [2.24, 2.45) is 0 Å². The third kappa shape index (κ3) is 2.32. The van der Waals surface area contributed by atoms with Gasteiger partial charge in [-0.05, 0) is 35.7 Å². The molecule has 0 aliphatic rings. The van der Waals surface area contributed by atoms with Gasteiger partial charge in [0, 0.05) is 22.3 Å². The first-order valence-corrected chi connectivity index (χ1v) is 6.73. The number of aromatic amines is 1. The maximum Gasteiger partial charge on any atom is 0.0490 e. The molecule has 1 heterocycles. The molecule has 2 aromatic carbocycles. The molecule has 94 valence electrons. The Balaban J connectivity index is 2.06. The normalized spacial score (nSPS) is 10.6. The van der Waals surface area contributed by atoms with Gasteiger partial charge in [-0.25, -0.2) is 0 Å². The fraction of sp³-hybridized carbons (Fsp3) is 0.0588. The standard InChI is InChI=1S/C17H15NS/c1-12-16(13-7-9-15(19)10-8-13)11-18-17(12)14-5-3-2-4-6-14/h2-11,18-19H,1H3. The molecule has 0 bridgehead atoms. The zero-order chi connectivity index (χ0) is 13.2. The van der Waals surface area contributed by atoms with Crippen LogP contribution >= 0.6 is 12.6 Å². The van der Waals surface area contributed by atoms with Crippen molar-refractivity contribution in [3.05, 3.63) is 66.4 Å². The molecule has 0 aliphatic heterocycles. The van der Waals surface area contributed by atoms with Crippen molar-refractivity contribution in [3.8, 4) is 22.4 Å². The van der Waals surface area contributed by atoms with Crippen LogP contribution in [0.4, 0.5) is 0 Å². The Morgan fingerprint density at radius 2 is 1.53 bits per heavy atom. The molecule has 3 rings (SSSR count).